The maximum absolute atomic E-state index is 12.7. The Hall–Kier alpha value is -4.37. The van der Waals surface area contributed by atoms with E-state index in [2.05, 4.69) is 53.4 Å². The number of carbonyl (C=O) groups excluding carboxylic acids is 1. The Labute approximate surface area is 228 Å². The molecule has 6 aromatic heterocycles. The maximum Gasteiger partial charge on any atom is 0.224 e. The quantitative estimate of drug-likeness (QED) is 0.210. The fourth-order valence-electron chi connectivity index (χ4n) is 5.57. The monoisotopic (exact) mass is 533 g/mol. The van der Waals surface area contributed by atoms with E-state index in [1.54, 1.807) is 23.7 Å². The van der Waals surface area contributed by atoms with Crippen molar-refractivity contribution in [1.29, 1.82) is 0 Å². The first-order valence-electron chi connectivity index (χ1n) is 13.3. The van der Waals surface area contributed by atoms with Crippen LogP contribution in [0.25, 0.3) is 55.8 Å². The largest absolute Gasteiger partial charge is 0.353 e. The molecule has 6 heterocycles. The van der Waals surface area contributed by atoms with Crippen molar-refractivity contribution in [3.8, 4) is 33.9 Å². The van der Waals surface area contributed by atoms with Gasteiger partial charge in [0.05, 0.1) is 34.5 Å². The molecule has 1 saturated carbocycles. The standard InChI is InChI=1S/C30H27N7OS/c38-27(12-18-4-2-1-3-5-18)33-21-13-20(15-31-16-21)23-6-7-25-29(35-23)30(37-36-25)26-14-22-24(34-26)8-10-32-28(22)19-9-11-39-17-19/h6-11,13-18,34H,1-5,12H2,(H,33,38)(H,36,37). The van der Waals surface area contributed by atoms with Crippen LogP contribution in [0.2, 0.25) is 0 Å². The molecule has 0 spiro atoms. The number of fused-ring (bicyclic) bond motifs is 2. The predicted octanol–water partition coefficient (Wildman–Crippen LogP) is 7.20. The minimum Gasteiger partial charge on any atom is -0.353 e. The van der Waals surface area contributed by atoms with Crippen LogP contribution in [0.5, 0.6) is 0 Å². The number of pyridine rings is 3. The average molecular weight is 534 g/mol. The summed E-state index contributed by atoms with van der Waals surface area (Å²) >= 11 is 1.65. The summed E-state index contributed by atoms with van der Waals surface area (Å²) in [4.78, 5) is 30.1. The van der Waals surface area contributed by atoms with Gasteiger partial charge < -0.3 is 10.3 Å². The number of rotatable bonds is 6. The molecule has 1 aliphatic rings. The fourth-order valence-corrected chi connectivity index (χ4v) is 6.21. The van der Waals surface area contributed by atoms with Crippen molar-refractivity contribution in [2.75, 3.05) is 5.32 Å². The van der Waals surface area contributed by atoms with Crippen LogP contribution < -0.4 is 5.32 Å². The highest BCUT2D eigenvalue weighted by molar-refractivity contribution is 7.08. The van der Waals surface area contributed by atoms with E-state index < -0.39 is 0 Å². The number of aromatic amines is 2. The van der Waals surface area contributed by atoms with Crippen molar-refractivity contribution >= 4 is 44.9 Å². The zero-order valence-corrected chi connectivity index (χ0v) is 22.1. The molecule has 0 bridgehead atoms. The topological polar surface area (TPSA) is 112 Å². The van der Waals surface area contributed by atoms with E-state index >= 15 is 0 Å². The van der Waals surface area contributed by atoms with Gasteiger partial charge in [0.25, 0.3) is 0 Å². The molecule has 0 radical (unpaired) electrons. The minimum atomic E-state index is 0.0523. The van der Waals surface area contributed by atoms with E-state index in [1.807, 2.05) is 30.5 Å². The third-order valence-corrected chi connectivity index (χ3v) is 8.21. The van der Waals surface area contributed by atoms with E-state index in [4.69, 9.17) is 4.98 Å². The fraction of sp³-hybridized carbons (Fsp3) is 0.233. The molecule has 0 unspecified atom stereocenters. The number of thiophene rings is 1. The lowest BCUT2D eigenvalue weighted by molar-refractivity contribution is -0.117. The van der Waals surface area contributed by atoms with Gasteiger partial charge in [-0.3, -0.25) is 19.9 Å². The number of amides is 1. The summed E-state index contributed by atoms with van der Waals surface area (Å²) < 4.78 is 0. The van der Waals surface area contributed by atoms with Gasteiger partial charge in [0.15, 0.2) is 0 Å². The second-order valence-corrected chi connectivity index (χ2v) is 11.0. The summed E-state index contributed by atoms with van der Waals surface area (Å²) in [6.07, 6.45) is 11.9. The van der Waals surface area contributed by atoms with Crippen LogP contribution in [0.3, 0.4) is 0 Å². The molecule has 8 nitrogen and oxygen atoms in total. The highest BCUT2D eigenvalue weighted by Gasteiger charge is 2.18. The lowest BCUT2D eigenvalue weighted by Crippen LogP contribution is -2.18. The molecule has 0 aromatic carbocycles. The summed E-state index contributed by atoms with van der Waals surface area (Å²) in [6, 6.07) is 12.0. The van der Waals surface area contributed by atoms with E-state index in [0.29, 0.717) is 18.0 Å². The van der Waals surface area contributed by atoms with E-state index in [9.17, 15) is 4.79 Å². The minimum absolute atomic E-state index is 0.0523. The number of nitrogens with one attached hydrogen (secondary N) is 3. The van der Waals surface area contributed by atoms with E-state index in [1.165, 1.54) is 19.3 Å². The molecule has 1 fully saturated rings. The normalized spacial score (nSPS) is 14.3. The molecular weight excluding hydrogens is 506 g/mol. The molecule has 0 atom stereocenters. The number of aromatic nitrogens is 6. The highest BCUT2D eigenvalue weighted by atomic mass is 32.1. The Balaban J connectivity index is 1.19. The Bertz CT molecular complexity index is 1780. The van der Waals surface area contributed by atoms with Crippen molar-refractivity contribution in [3.05, 3.63) is 65.7 Å². The van der Waals surface area contributed by atoms with Crippen LogP contribution in [0, 0.1) is 5.92 Å². The molecule has 1 amide bonds. The number of hydrogen-bond acceptors (Lipinski definition) is 6. The molecule has 6 aromatic rings. The van der Waals surface area contributed by atoms with Crippen LogP contribution in [0.1, 0.15) is 38.5 Å². The zero-order chi connectivity index (χ0) is 26.2. The van der Waals surface area contributed by atoms with Crippen LogP contribution in [0.15, 0.2) is 65.7 Å². The van der Waals surface area contributed by atoms with Gasteiger partial charge in [0, 0.05) is 46.2 Å². The summed E-state index contributed by atoms with van der Waals surface area (Å²) in [6.45, 7) is 0. The number of hydrogen-bond donors (Lipinski definition) is 3. The second-order valence-electron chi connectivity index (χ2n) is 10.2. The molecule has 3 N–H and O–H groups in total. The molecule has 194 valence electrons. The Kier molecular flexibility index (Phi) is 6.13. The zero-order valence-electron chi connectivity index (χ0n) is 21.3. The SMILES string of the molecule is O=C(CC1CCCCC1)Nc1cncc(-c2ccc3[nH]nc(-c4cc5c(-c6ccsc6)nccc5[nH]4)c3n2)c1. The Morgan fingerprint density at radius 2 is 1.92 bits per heavy atom. The van der Waals surface area contributed by atoms with Gasteiger partial charge in [-0.15, -0.1) is 0 Å². The van der Waals surface area contributed by atoms with Gasteiger partial charge in [-0.05, 0) is 60.5 Å². The van der Waals surface area contributed by atoms with Gasteiger partial charge in [-0.25, -0.2) is 4.98 Å². The maximum atomic E-state index is 12.7. The molecule has 0 saturated heterocycles. The Morgan fingerprint density at radius 3 is 2.79 bits per heavy atom. The first-order chi connectivity index (χ1) is 19.2. The van der Waals surface area contributed by atoms with Crippen molar-refractivity contribution < 1.29 is 4.79 Å². The number of anilines is 1. The van der Waals surface area contributed by atoms with Crippen molar-refractivity contribution in [3.63, 3.8) is 0 Å². The lowest BCUT2D eigenvalue weighted by Gasteiger charge is -2.20. The molecule has 1 aliphatic carbocycles. The first-order valence-corrected chi connectivity index (χ1v) is 14.3. The third-order valence-electron chi connectivity index (χ3n) is 7.52. The summed E-state index contributed by atoms with van der Waals surface area (Å²) in [5.41, 5.74) is 8.53. The van der Waals surface area contributed by atoms with Crippen LogP contribution in [0.4, 0.5) is 5.69 Å². The van der Waals surface area contributed by atoms with Crippen LogP contribution in [-0.2, 0) is 4.79 Å². The highest BCUT2D eigenvalue weighted by Crippen LogP contribution is 2.34. The van der Waals surface area contributed by atoms with E-state index in [0.717, 1.165) is 68.7 Å². The number of carbonyl (C=O) groups is 1. The van der Waals surface area contributed by atoms with Gasteiger partial charge in [-0.1, -0.05) is 19.3 Å². The number of nitrogens with zero attached hydrogens (tertiary/aromatic N) is 4. The predicted molar refractivity (Wildman–Crippen MR) is 155 cm³/mol. The van der Waals surface area contributed by atoms with E-state index in [-0.39, 0.29) is 5.91 Å². The van der Waals surface area contributed by atoms with Crippen molar-refractivity contribution in [2.24, 2.45) is 5.92 Å². The Morgan fingerprint density at radius 1 is 1.00 bits per heavy atom. The first kappa shape index (κ1) is 23.7. The molecule has 9 heteroatoms. The third kappa shape index (κ3) is 4.70. The summed E-state index contributed by atoms with van der Waals surface area (Å²) in [5, 5.41) is 15.9. The van der Waals surface area contributed by atoms with Crippen molar-refractivity contribution in [2.45, 2.75) is 38.5 Å². The van der Waals surface area contributed by atoms with Crippen LogP contribution >= 0.6 is 11.3 Å². The van der Waals surface area contributed by atoms with Gasteiger partial charge in [-0.2, -0.15) is 16.4 Å². The average Bonchev–Trinajstić information content (AvgIpc) is 3.73. The molecule has 0 aliphatic heterocycles. The molecule has 7 rings (SSSR count). The molecular formula is C30H27N7OS. The van der Waals surface area contributed by atoms with Crippen LogP contribution in [-0.4, -0.2) is 36.0 Å². The second kappa shape index (κ2) is 10.1. The number of H-pyrrole nitrogens is 2. The van der Waals surface area contributed by atoms with Gasteiger partial charge in [0.2, 0.25) is 5.91 Å². The molecule has 39 heavy (non-hydrogen) atoms. The smallest absolute Gasteiger partial charge is 0.224 e. The van der Waals surface area contributed by atoms with Crippen molar-refractivity contribution in [1.82, 2.24) is 30.1 Å². The lowest BCUT2D eigenvalue weighted by atomic mass is 9.87. The van der Waals surface area contributed by atoms with Gasteiger partial charge in [0.1, 0.15) is 11.2 Å². The summed E-state index contributed by atoms with van der Waals surface area (Å²) in [7, 11) is 0. The van der Waals surface area contributed by atoms with Gasteiger partial charge >= 0.3 is 0 Å². The summed E-state index contributed by atoms with van der Waals surface area (Å²) in [5.74, 6) is 0.539.